The Labute approximate surface area is 92.8 Å². The van der Waals surface area contributed by atoms with Gasteiger partial charge in [0.1, 0.15) is 0 Å². The predicted molar refractivity (Wildman–Crippen MR) is 57.6 cm³/mol. The first kappa shape index (κ1) is 10.2. The molecule has 80 valence electrons. The van der Waals surface area contributed by atoms with E-state index >= 15 is 0 Å². The average Bonchev–Trinajstić information content (AvgIpc) is 2.89. The summed E-state index contributed by atoms with van der Waals surface area (Å²) in [4.78, 5) is 15.2. The normalized spacial score (nSPS) is 17.2. The number of carbonyl (C=O) groups excluding carboxylic acids is 1. The highest BCUT2D eigenvalue weighted by Gasteiger charge is 2.46. The summed E-state index contributed by atoms with van der Waals surface area (Å²) in [6.07, 6.45) is 1.76. The number of nitrogens with zero attached hydrogens (tertiary/aromatic N) is 1. The third-order valence-corrected chi connectivity index (χ3v) is 3.02. The number of carbonyl (C=O) groups is 1. The summed E-state index contributed by atoms with van der Waals surface area (Å²) in [7, 11) is 0. The molecule has 0 bridgehead atoms. The van der Waals surface area contributed by atoms with E-state index < -0.39 is 6.03 Å². The molecule has 4 nitrogen and oxygen atoms in total. The van der Waals surface area contributed by atoms with Gasteiger partial charge in [0.25, 0.3) is 0 Å². The number of aryl methyl sites for hydroxylation is 1. The molecule has 0 aliphatic heterocycles. The van der Waals surface area contributed by atoms with Crippen LogP contribution in [0.4, 0.5) is 4.79 Å². The van der Waals surface area contributed by atoms with Crippen LogP contribution in [0.2, 0.25) is 5.02 Å². The molecule has 1 aliphatic rings. The molecule has 1 aromatic rings. The summed E-state index contributed by atoms with van der Waals surface area (Å²) in [5.41, 5.74) is 6.38. The third kappa shape index (κ3) is 1.90. The van der Waals surface area contributed by atoms with Gasteiger partial charge in [0, 0.05) is 0 Å². The van der Waals surface area contributed by atoms with E-state index in [1.54, 1.807) is 6.07 Å². The van der Waals surface area contributed by atoms with Crippen molar-refractivity contribution in [3.05, 3.63) is 28.5 Å². The number of hydrogen-bond donors (Lipinski definition) is 2. The number of amides is 2. The first-order valence-electron chi connectivity index (χ1n) is 4.75. The first-order valence-corrected chi connectivity index (χ1v) is 5.12. The van der Waals surface area contributed by atoms with Crippen molar-refractivity contribution in [1.82, 2.24) is 10.3 Å². The van der Waals surface area contributed by atoms with Crippen molar-refractivity contribution in [3.63, 3.8) is 0 Å². The summed E-state index contributed by atoms with van der Waals surface area (Å²) in [5.74, 6) is 0. The van der Waals surface area contributed by atoms with Gasteiger partial charge in [-0.3, -0.25) is 4.98 Å². The van der Waals surface area contributed by atoms with E-state index in [-0.39, 0.29) is 5.54 Å². The molecule has 1 saturated carbocycles. The lowest BCUT2D eigenvalue weighted by Crippen LogP contribution is -2.39. The van der Waals surface area contributed by atoms with Gasteiger partial charge in [0.15, 0.2) is 0 Å². The van der Waals surface area contributed by atoms with Crippen LogP contribution in [-0.2, 0) is 5.54 Å². The molecule has 15 heavy (non-hydrogen) atoms. The molecule has 0 aromatic carbocycles. The van der Waals surface area contributed by atoms with Gasteiger partial charge in [-0.05, 0) is 31.9 Å². The summed E-state index contributed by atoms with van der Waals surface area (Å²) in [6.45, 7) is 1.84. The Morgan fingerprint density at radius 3 is 2.73 bits per heavy atom. The minimum atomic E-state index is -0.512. The second-order valence-corrected chi connectivity index (χ2v) is 4.24. The largest absolute Gasteiger partial charge is 0.352 e. The molecule has 1 aromatic heterocycles. The smallest absolute Gasteiger partial charge is 0.312 e. The number of nitrogens with two attached hydrogens (primary N) is 1. The molecular formula is C10H12ClN3O. The van der Waals surface area contributed by atoms with Crippen molar-refractivity contribution in [2.45, 2.75) is 25.3 Å². The van der Waals surface area contributed by atoms with E-state index in [9.17, 15) is 4.79 Å². The number of pyridine rings is 1. The predicted octanol–water partition coefficient (Wildman–Crippen LogP) is 1.70. The van der Waals surface area contributed by atoms with Gasteiger partial charge in [-0.2, -0.15) is 0 Å². The lowest BCUT2D eigenvalue weighted by Gasteiger charge is -2.15. The molecular weight excluding hydrogens is 214 g/mol. The van der Waals surface area contributed by atoms with Crippen molar-refractivity contribution in [1.29, 1.82) is 0 Å². The SMILES string of the molecule is Cc1nc(C2(NC(N)=O)CC2)ccc1Cl. The fourth-order valence-corrected chi connectivity index (χ4v) is 1.72. The van der Waals surface area contributed by atoms with Crippen molar-refractivity contribution in [2.24, 2.45) is 5.73 Å². The molecule has 0 unspecified atom stereocenters. The molecule has 0 atom stereocenters. The highest BCUT2D eigenvalue weighted by molar-refractivity contribution is 6.31. The number of urea groups is 1. The van der Waals surface area contributed by atoms with Crippen LogP contribution in [-0.4, -0.2) is 11.0 Å². The molecule has 3 N–H and O–H groups in total. The van der Waals surface area contributed by atoms with Crippen LogP contribution in [0.3, 0.4) is 0 Å². The van der Waals surface area contributed by atoms with E-state index in [0.29, 0.717) is 5.02 Å². The Kier molecular flexibility index (Phi) is 2.31. The lowest BCUT2D eigenvalue weighted by atomic mass is 10.1. The maximum Gasteiger partial charge on any atom is 0.312 e. The highest BCUT2D eigenvalue weighted by Crippen LogP contribution is 2.44. The van der Waals surface area contributed by atoms with E-state index in [0.717, 1.165) is 24.2 Å². The Balaban J connectivity index is 2.29. The van der Waals surface area contributed by atoms with E-state index in [1.807, 2.05) is 13.0 Å². The Morgan fingerprint density at radius 1 is 1.60 bits per heavy atom. The Bertz CT molecular complexity index is 415. The quantitative estimate of drug-likeness (QED) is 0.805. The Morgan fingerprint density at radius 2 is 2.27 bits per heavy atom. The number of aromatic nitrogens is 1. The van der Waals surface area contributed by atoms with Crippen LogP contribution in [0.15, 0.2) is 12.1 Å². The standard InChI is InChI=1S/C10H12ClN3O/c1-6-7(11)2-3-8(13-6)10(4-5-10)14-9(12)15/h2-3H,4-5H2,1H3,(H3,12,14,15). The van der Waals surface area contributed by atoms with Gasteiger partial charge >= 0.3 is 6.03 Å². The number of nitrogens with one attached hydrogen (secondary N) is 1. The maximum absolute atomic E-state index is 10.8. The van der Waals surface area contributed by atoms with Crippen molar-refractivity contribution >= 4 is 17.6 Å². The first-order chi connectivity index (χ1) is 7.03. The topological polar surface area (TPSA) is 68.0 Å². The number of primary amides is 1. The molecule has 0 saturated heterocycles. The van der Waals surface area contributed by atoms with Gasteiger partial charge in [0.05, 0.1) is 21.9 Å². The molecule has 1 aliphatic carbocycles. The second-order valence-electron chi connectivity index (χ2n) is 3.84. The van der Waals surface area contributed by atoms with Gasteiger partial charge in [0.2, 0.25) is 0 Å². The minimum absolute atomic E-state index is 0.346. The van der Waals surface area contributed by atoms with Gasteiger partial charge < -0.3 is 11.1 Å². The zero-order valence-electron chi connectivity index (χ0n) is 8.38. The van der Waals surface area contributed by atoms with E-state index in [4.69, 9.17) is 17.3 Å². The van der Waals surface area contributed by atoms with Gasteiger partial charge in [-0.25, -0.2) is 4.79 Å². The molecule has 1 fully saturated rings. The number of rotatable bonds is 2. The monoisotopic (exact) mass is 225 g/mol. The van der Waals surface area contributed by atoms with Crippen LogP contribution < -0.4 is 11.1 Å². The molecule has 0 radical (unpaired) electrons. The number of hydrogen-bond acceptors (Lipinski definition) is 2. The fourth-order valence-electron chi connectivity index (χ4n) is 1.62. The maximum atomic E-state index is 10.8. The van der Waals surface area contributed by atoms with E-state index in [1.165, 1.54) is 0 Å². The molecule has 2 amide bonds. The summed E-state index contributed by atoms with van der Waals surface area (Å²) >= 11 is 5.88. The molecule has 5 heteroatoms. The second kappa shape index (κ2) is 3.38. The molecule has 0 spiro atoms. The van der Waals surface area contributed by atoms with Crippen LogP contribution in [0.5, 0.6) is 0 Å². The fraction of sp³-hybridized carbons (Fsp3) is 0.400. The van der Waals surface area contributed by atoms with Crippen molar-refractivity contribution in [2.75, 3.05) is 0 Å². The van der Waals surface area contributed by atoms with Gasteiger partial charge in [-0.15, -0.1) is 0 Å². The summed E-state index contributed by atoms with van der Waals surface area (Å²) < 4.78 is 0. The highest BCUT2D eigenvalue weighted by atomic mass is 35.5. The zero-order valence-corrected chi connectivity index (χ0v) is 9.14. The van der Waals surface area contributed by atoms with Crippen LogP contribution in [0.1, 0.15) is 24.2 Å². The molecule has 1 heterocycles. The van der Waals surface area contributed by atoms with Crippen molar-refractivity contribution in [3.8, 4) is 0 Å². The Hall–Kier alpha value is -1.29. The minimum Gasteiger partial charge on any atom is -0.352 e. The number of halogens is 1. The van der Waals surface area contributed by atoms with Gasteiger partial charge in [-0.1, -0.05) is 11.6 Å². The lowest BCUT2D eigenvalue weighted by molar-refractivity contribution is 0.243. The van der Waals surface area contributed by atoms with E-state index in [2.05, 4.69) is 10.3 Å². The van der Waals surface area contributed by atoms with Crippen LogP contribution >= 0.6 is 11.6 Å². The third-order valence-electron chi connectivity index (χ3n) is 2.62. The average molecular weight is 226 g/mol. The van der Waals surface area contributed by atoms with Crippen LogP contribution in [0.25, 0.3) is 0 Å². The summed E-state index contributed by atoms with van der Waals surface area (Å²) in [5, 5.41) is 3.36. The van der Waals surface area contributed by atoms with Crippen molar-refractivity contribution < 1.29 is 4.79 Å². The zero-order chi connectivity index (χ0) is 11.1. The summed E-state index contributed by atoms with van der Waals surface area (Å²) in [6, 6.07) is 3.11. The van der Waals surface area contributed by atoms with Crippen LogP contribution in [0, 0.1) is 6.92 Å². The molecule has 2 rings (SSSR count).